The number of rotatable bonds is 10. The van der Waals surface area contributed by atoms with Crippen LogP contribution in [0.2, 0.25) is 0 Å². The fourth-order valence-corrected chi connectivity index (χ4v) is 2.89. The lowest BCUT2D eigenvalue weighted by Crippen LogP contribution is -2.31. The summed E-state index contributed by atoms with van der Waals surface area (Å²) in [7, 11) is 0. The molecule has 1 saturated heterocycles. The molecule has 0 aromatic carbocycles. The molecule has 1 aliphatic rings. The van der Waals surface area contributed by atoms with Crippen molar-refractivity contribution in [3.05, 3.63) is 11.9 Å². The largest absolute Gasteiger partial charge is 0.396 e. The molecule has 32 heavy (non-hydrogen) atoms. The second-order valence-electron chi connectivity index (χ2n) is 9.40. The van der Waals surface area contributed by atoms with Crippen LogP contribution in [0, 0.1) is 17.8 Å². The van der Waals surface area contributed by atoms with Gasteiger partial charge < -0.3 is 9.84 Å². The molecule has 0 spiro atoms. The van der Waals surface area contributed by atoms with Crippen molar-refractivity contribution in [1.82, 2.24) is 19.9 Å². The Morgan fingerprint density at radius 3 is 2.25 bits per heavy atom. The number of ether oxygens (including phenoxy) is 1. The summed E-state index contributed by atoms with van der Waals surface area (Å²) < 4.78 is 7.66. The monoisotopic (exact) mass is 454 g/mol. The van der Waals surface area contributed by atoms with E-state index in [1.54, 1.807) is 10.9 Å². The van der Waals surface area contributed by atoms with Gasteiger partial charge in [-0.3, -0.25) is 14.5 Å². The van der Waals surface area contributed by atoms with Crippen molar-refractivity contribution in [2.75, 3.05) is 13.2 Å². The number of aromatic nitrogens is 3. The van der Waals surface area contributed by atoms with Crippen molar-refractivity contribution in [3.8, 4) is 0 Å². The smallest absolute Gasteiger partial charge is 0.233 e. The maximum atomic E-state index is 12.2. The van der Waals surface area contributed by atoms with Crippen LogP contribution in [0.3, 0.4) is 0 Å². The van der Waals surface area contributed by atoms with Gasteiger partial charge in [0.15, 0.2) is 0 Å². The number of imide groups is 1. The average molecular weight is 455 g/mol. The van der Waals surface area contributed by atoms with Crippen LogP contribution in [0.25, 0.3) is 0 Å². The third-order valence-electron chi connectivity index (χ3n) is 4.83. The molecule has 1 unspecified atom stereocenters. The first-order chi connectivity index (χ1) is 15.0. The van der Waals surface area contributed by atoms with E-state index < -0.39 is 0 Å². The lowest BCUT2D eigenvalue weighted by molar-refractivity contribution is -0.140. The van der Waals surface area contributed by atoms with E-state index in [4.69, 9.17) is 9.84 Å². The molecule has 0 aliphatic carbocycles. The Balaban J connectivity index is 0.00000121. The summed E-state index contributed by atoms with van der Waals surface area (Å²) in [5.41, 5.74) is 0.267. The van der Waals surface area contributed by atoms with Crippen LogP contribution in [0.1, 0.15) is 87.3 Å². The number of likely N-dealkylation sites (tertiary alicyclic amines) is 1. The van der Waals surface area contributed by atoms with Crippen LogP contribution in [0.5, 0.6) is 0 Å². The van der Waals surface area contributed by atoms with E-state index in [-0.39, 0.29) is 29.9 Å². The maximum Gasteiger partial charge on any atom is 0.233 e. The molecule has 1 aromatic heterocycles. The predicted molar refractivity (Wildman–Crippen MR) is 127 cm³/mol. The number of aliphatic hydroxyl groups excluding tert-OH is 1. The van der Waals surface area contributed by atoms with Gasteiger partial charge >= 0.3 is 0 Å². The Labute approximate surface area is 194 Å². The second kappa shape index (κ2) is 15.1. The predicted octanol–water partition coefficient (Wildman–Crippen LogP) is 4.07. The SMILES string of the molecule is CC.CC(C)CO.CCC1CC(=O)N(Cc2cn(CC(C)(C)OCCC(C)C)nn2)C1=O. The molecular formula is C24H46N4O4. The van der Waals surface area contributed by atoms with Gasteiger partial charge in [-0.2, -0.15) is 0 Å². The van der Waals surface area contributed by atoms with Crippen LogP contribution >= 0.6 is 0 Å². The number of carbonyl (C=O) groups excluding carboxylic acids is 2. The van der Waals surface area contributed by atoms with Crippen molar-refractivity contribution in [2.24, 2.45) is 17.8 Å². The van der Waals surface area contributed by atoms with Gasteiger partial charge in [0, 0.05) is 25.6 Å². The van der Waals surface area contributed by atoms with Gasteiger partial charge in [-0.05, 0) is 38.5 Å². The normalized spacial score (nSPS) is 16.2. The molecule has 186 valence electrons. The van der Waals surface area contributed by atoms with E-state index >= 15 is 0 Å². The fourth-order valence-electron chi connectivity index (χ4n) is 2.89. The molecule has 0 bridgehead atoms. The molecule has 1 aromatic rings. The maximum absolute atomic E-state index is 12.2. The Morgan fingerprint density at radius 2 is 1.78 bits per heavy atom. The Kier molecular flexibility index (Phi) is 14.3. The first-order valence-corrected chi connectivity index (χ1v) is 12.0. The minimum Gasteiger partial charge on any atom is -0.396 e. The van der Waals surface area contributed by atoms with Gasteiger partial charge in [0.25, 0.3) is 0 Å². The van der Waals surface area contributed by atoms with E-state index in [2.05, 4.69) is 24.2 Å². The van der Waals surface area contributed by atoms with Crippen LogP contribution in [-0.4, -0.2) is 55.6 Å². The molecule has 0 radical (unpaired) electrons. The van der Waals surface area contributed by atoms with E-state index in [1.807, 2.05) is 48.5 Å². The van der Waals surface area contributed by atoms with Crippen LogP contribution in [0.4, 0.5) is 0 Å². The van der Waals surface area contributed by atoms with Crippen molar-refractivity contribution >= 4 is 11.8 Å². The minimum absolute atomic E-state index is 0.0978. The van der Waals surface area contributed by atoms with Gasteiger partial charge in [0.1, 0.15) is 5.69 Å². The van der Waals surface area contributed by atoms with Crippen LogP contribution in [0.15, 0.2) is 6.20 Å². The first-order valence-electron chi connectivity index (χ1n) is 12.0. The molecule has 2 heterocycles. The summed E-state index contributed by atoms with van der Waals surface area (Å²) in [6.07, 6.45) is 3.80. The van der Waals surface area contributed by atoms with Gasteiger partial charge in [-0.15, -0.1) is 5.10 Å². The average Bonchev–Trinajstić information content (AvgIpc) is 3.27. The van der Waals surface area contributed by atoms with Gasteiger partial charge in [0.05, 0.1) is 24.9 Å². The molecule has 1 N–H and O–H groups in total. The number of aliphatic hydroxyl groups is 1. The standard InChI is InChI=1S/C18H30N4O3.C4H10O.C2H6/c1-6-14-9-16(23)22(17(14)24)11-15-10-21(20-19-15)12-18(4,5)25-8-7-13(2)3;1-4(2)3-5;1-2/h10,13-14H,6-9,11-12H2,1-5H3;4-5H,3H2,1-2H3;1-2H3. The van der Waals surface area contributed by atoms with Crippen LogP contribution in [-0.2, 0) is 27.4 Å². The van der Waals surface area contributed by atoms with Crippen molar-refractivity contribution in [3.63, 3.8) is 0 Å². The molecule has 2 rings (SSSR count). The molecular weight excluding hydrogens is 408 g/mol. The Hall–Kier alpha value is -1.80. The van der Waals surface area contributed by atoms with Gasteiger partial charge in [-0.25, -0.2) is 4.68 Å². The van der Waals surface area contributed by atoms with Crippen molar-refractivity contribution in [2.45, 2.75) is 100 Å². The summed E-state index contributed by atoms with van der Waals surface area (Å²) >= 11 is 0. The number of nitrogens with zero attached hydrogens (tertiary/aromatic N) is 4. The molecule has 1 atom stereocenters. The van der Waals surface area contributed by atoms with E-state index in [1.165, 1.54) is 4.90 Å². The van der Waals surface area contributed by atoms with Crippen LogP contribution < -0.4 is 0 Å². The van der Waals surface area contributed by atoms with Crippen molar-refractivity contribution in [1.29, 1.82) is 0 Å². The first kappa shape index (κ1) is 30.2. The quantitative estimate of drug-likeness (QED) is 0.535. The molecule has 1 aliphatic heterocycles. The lowest BCUT2D eigenvalue weighted by atomic mass is 10.1. The number of hydrogen-bond acceptors (Lipinski definition) is 6. The molecule has 8 nitrogen and oxygen atoms in total. The third kappa shape index (κ3) is 11.2. The zero-order chi connectivity index (χ0) is 24.9. The number of carbonyl (C=O) groups is 2. The number of hydrogen-bond donors (Lipinski definition) is 1. The van der Waals surface area contributed by atoms with E-state index in [0.29, 0.717) is 50.1 Å². The topological polar surface area (TPSA) is 97.6 Å². The molecule has 2 amide bonds. The third-order valence-corrected chi connectivity index (χ3v) is 4.83. The van der Waals surface area contributed by atoms with Crippen molar-refractivity contribution < 1.29 is 19.4 Å². The highest BCUT2D eigenvalue weighted by molar-refractivity contribution is 6.03. The Morgan fingerprint density at radius 1 is 1.19 bits per heavy atom. The molecule has 8 heteroatoms. The summed E-state index contributed by atoms with van der Waals surface area (Å²) in [5.74, 6) is 0.644. The zero-order valence-electron chi connectivity index (χ0n) is 21.7. The summed E-state index contributed by atoms with van der Waals surface area (Å²) in [6, 6.07) is 0. The fraction of sp³-hybridized carbons (Fsp3) is 0.833. The molecule has 0 saturated carbocycles. The number of amides is 2. The highest BCUT2D eigenvalue weighted by Gasteiger charge is 2.37. The van der Waals surface area contributed by atoms with Gasteiger partial charge in [-0.1, -0.05) is 53.7 Å². The summed E-state index contributed by atoms with van der Waals surface area (Å²) in [6.45, 7) is 20.0. The molecule has 1 fully saturated rings. The van der Waals surface area contributed by atoms with E-state index in [0.717, 1.165) is 6.42 Å². The lowest BCUT2D eigenvalue weighted by Gasteiger charge is -2.25. The highest BCUT2D eigenvalue weighted by Crippen LogP contribution is 2.23. The summed E-state index contributed by atoms with van der Waals surface area (Å²) in [5, 5.41) is 16.4. The highest BCUT2D eigenvalue weighted by atomic mass is 16.5. The summed E-state index contributed by atoms with van der Waals surface area (Å²) in [4.78, 5) is 25.5. The van der Waals surface area contributed by atoms with E-state index in [9.17, 15) is 9.59 Å². The van der Waals surface area contributed by atoms with Gasteiger partial charge in [0.2, 0.25) is 11.8 Å². The zero-order valence-corrected chi connectivity index (χ0v) is 21.7. The minimum atomic E-state index is -0.355. The Bertz CT molecular complexity index is 671. The second-order valence-corrected chi connectivity index (χ2v) is 9.40.